The minimum absolute atomic E-state index is 0.134. The summed E-state index contributed by atoms with van der Waals surface area (Å²) in [5, 5.41) is 0. The highest BCUT2D eigenvalue weighted by Gasteiger charge is 2.20. The lowest BCUT2D eigenvalue weighted by molar-refractivity contribution is 0.103. The molecular formula is C19H20N2O. The van der Waals surface area contributed by atoms with Gasteiger partial charge in [-0.25, -0.2) is 0 Å². The summed E-state index contributed by atoms with van der Waals surface area (Å²) in [7, 11) is 4.20. The summed E-state index contributed by atoms with van der Waals surface area (Å²) in [6.45, 7) is 2.08. The predicted octanol–water partition coefficient (Wildman–Crippen LogP) is 2.90. The number of carbonyl (C=O) groups is 1. The van der Waals surface area contributed by atoms with Crippen molar-refractivity contribution < 1.29 is 4.79 Å². The molecule has 0 unspecified atom stereocenters. The second kappa shape index (κ2) is 4.87. The van der Waals surface area contributed by atoms with Gasteiger partial charge in [0.25, 0.3) is 0 Å². The van der Waals surface area contributed by atoms with Gasteiger partial charge in [0.05, 0.1) is 0 Å². The Labute approximate surface area is 131 Å². The smallest absolute Gasteiger partial charge is 0.193 e. The number of rotatable bonds is 2. The van der Waals surface area contributed by atoms with Crippen LogP contribution < -0.4 is 9.80 Å². The van der Waals surface area contributed by atoms with E-state index in [0.29, 0.717) is 0 Å². The molecule has 2 aromatic rings. The van der Waals surface area contributed by atoms with E-state index in [0.717, 1.165) is 37.1 Å². The number of hydrogen-bond acceptors (Lipinski definition) is 3. The molecule has 3 nitrogen and oxygen atoms in total. The summed E-state index contributed by atoms with van der Waals surface area (Å²) in [5.41, 5.74) is 6.70. The summed E-state index contributed by atoms with van der Waals surface area (Å²) in [4.78, 5) is 17.3. The third-order valence-electron chi connectivity index (χ3n) is 4.94. The van der Waals surface area contributed by atoms with Gasteiger partial charge in [-0.15, -0.1) is 0 Å². The third kappa shape index (κ3) is 2.00. The van der Waals surface area contributed by atoms with E-state index in [2.05, 4.69) is 48.2 Å². The Kier molecular flexibility index (Phi) is 2.96. The van der Waals surface area contributed by atoms with Crippen molar-refractivity contribution in [1.82, 2.24) is 0 Å². The number of likely N-dealkylation sites (N-methyl/N-ethyl adjacent to an activating group) is 2. The van der Waals surface area contributed by atoms with Gasteiger partial charge in [-0.3, -0.25) is 4.79 Å². The number of benzene rings is 2. The van der Waals surface area contributed by atoms with Crippen molar-refractivity contribution in [3.05, 3.63) is 58.7 Å². The van der Waals surface area contributed by atoms with E-state index in [1.54, 1.807) is 0 Å². The van der Waals surface area contributed by atoms with Crippen molar-refractivity contribution >= 4 is 17.2 Å². The molecule has 0 aliphatic carbocycles. The molecule has 22 heavy (non-hydrogen) atoms. The highest BCUT2D eigenvalue weighted by atomic mass is 16.1. The monoisotopic (exact) mass is 292 g/mol. The van der Waals surface area contributed by atoms with Crippen LogP contribution in [0, 0.1) is 0 Å². The zero-order valence-corrected chi connectivity index (χ0v) is 13.1. The van der Waals surface area contributed by atoms with Crippen LogP contribution in [-0.2, 0) is 12.8 Å². The quantitative estimate of drug-likeness (QED) is 0.795. The Morgan fingerprint density at radius 1 is 0.818 bits per heavy atom. The van der Waals surface area contributed by atoms with E-state index in [1.165, 1.54) is 22.5 Å². The van der Waals surface area contributed by atoms with Crippen molar-refractivity contribution in [2.75, 3.05) is 37.0 Å². The van der Waals surface area contributed by atoms with Crippen molar-refractivity contribution in [2.24, 2.45) is 0 Å². The fourth-order valence-corrected chi connectivity index (χ4v) is 3.58. The van der Waals surface area contributed by atoms with Crippen LogP contribution in [0.2, 0.25) is 0 Å². The summed E-state index contributed by atoms with van der Waals surface area (Å²) in [6, 6.07) is 12.2. The number of fused-ring (bicyclic) bond motifs is 2. The summed E-state index contributed by atoms with van der Waals surface area (Å²) >= 11 is 0. The topological polar surface area (TPSA) is 23.6 Å². The zero-order chi connectivity index (χ0) is 15.3. The average molecular weight is 292 g/mol. The summed E-state index contributed by atoms with van der Waals surface area (Å²) in [5.74, 6) is 0.134. The first kappa shape index (κ1) is 13.4. The largest absolute Gasteiger partial charge is 0.374 e. The van der Waals surface area contributed by atoms with Crippen LogP contribution in [0.4, 0.5) is 11.4 Å². The molecule has 0 bridgehead atoms. The molecule has 2 aliphatic rings. The molecule has 3 heteroatoms. The minimum Gasteiger partial charge on any atom is -0.374 e. The van der Waals surface area contributed by atoms with Crippen molar-refractivity contribution in [3.8, 4) is 0 Å². The third-order valence-corrected chi connectivity index (χ3v) is 4.94. The lowest BCUT2D eigenvalue weighted by Gasteiger charge is -2.13. The lowest BCUT2D eigenvalue weighted by atomic mass is 9.98. The number of ketones is 1. The molecule has 0 atom stereocenters. The van der Waals surface area contributed by atoms with Crippen molar-refractivity contribution in [2.45, 2.75) is 12.8 Å². The number of anilines is 2. The highest BCUT2D eigenvalue weighted by Crippen LogP contribution is 2.30. The zero-order valence-electron chi connectivity index (χ0n) is 13.1. The van der Waals surface area contributed by atoms with E-state index in [9.17, 15) is 4.79 Å². The fourth-order valence-electron chi connectivity index (χ4n) is 3.58. The first-order valence-electron chi connectivity index (χ1n) is 7.86. The van der Waals surface area contributed by atoms with Gasteiger partial charge in [0.2, 0.25) is 0 Å². The normalized spacial score (nSPS) is 15.9. The second-order valence-corrected chi connectivity index (χ2v) is 6.36. The molecule has 112 valence electrons. The van der Waals surface area contributed by atoms with Gasteiger partial charge in [0, 0.05) is 49.7 Å². The number of carbonyl (C=O) groups excluding carboxylic acids is 1. The molecule has 0 fully saturated rings. The van der Waals surface area contributed by atoms with Crippen LogP contribution in [0.5, 0.6) is 0 Å². The predicted molar refractivity (Wildman–Crippen MR) is 90.3 cm³/mol. The van der Waals surface area contributed by atoms with Gasteiger partial charge >= 0.3 is 0 Å². The van der Waals surface area contributed by atoms with Gasteiger partial charge < -0.3 is 9.80 Å². The maximum atomic E-state index is 12.8. The molecule has 0 saturated carbocycles. The second-order valence-electron chi connectivity index (χ2n) is 6.36. The average Bonchev–Trinajstić information content (AvgIpc) is 3.10. The van der Waals surface area contributed by atoms with Gasteiger partial charge in [0.15, 0.2) is 5.78 Å². The van der Waals surface area contributed by atoms with E-state index >= 15 is 0 Å². The molecule has 0 aromatic heterocycles. The molecule has 2 heterocycles. The van der Waals surface area contributed by atoms with E-state index in [-0.39, 0.29) is 5.78 Å². The summed E-state index contributed by atoms with van der Waals surface area (Å²) < 4.78 is 0. The Hall–Kier alpha value is -2.29. The minimum atomic E-state index is 0.134. The van der Waals surface area contributed by atoms with Crippen LogP contribution in [-0.4, -0.2) is 33.0 Å². The molecule has 2 aliphatic heterocycles. The number of hydrogen-bond donors (Lipinski definition) is 0. The SMILES string of the molecule is CN1CCc2cc(C(=O)c3ccc4c(c3)CCN4C)ccc21. The van der Waals surface area contributed by atoms with Crippen LogP contribution >= 0.6 is 0 Å². The molecule has 0 spiro atoms. The van der Waals surface area contributed by atoms with Crippen LogP contribution in [0.15, 0.2) is 36.4 Å². The van der Waals surface area contributed by atoms with E-state index in [4.69, 9.17) is 0 Å². The molecule has 0 amide bonds. The summed E-state index contributed by atoms with van der Waals surface area (Å²) in [6.07, 6.45) is 2.06. The highest BCUT2D eigenvalue weighted by molar-refractivity contribution is 6.09. The lowest BCUT2D eigenvalue weighted by Crippen LogP contribution is -2.12. The molecule has 0 N–H and O–H groups in total. The van der Waals surface area contributed by atoms with Gasteiger partial charge in [0.1, 0.15) is 0 Å². The maximum Gasteiger partial charge on any atom is 0.193 e. The Balaban J connectivity index is 1.68. The standard InChI is InChI=1S/C19H20N2O/c1-20-9-7-13-11-15(3-5-17(13)20)19(22)16-4-6-18-14(12-16)8-10-21(18)2/h3-6,11-12H,7-10H2,1-2H3. The molecular weight excluding hydrogens is 272 g/mol. The molecule has 4 rings (SSSR count). The number of nitrogens with zero attached hydrogens (tertiary/aromatic N) is 2. The van der Waals surface area contributed by atoms with Crippen molar-refractivity contribution in [1.29, 1.82) is 0 Å². The maximum absolute atomic E-state index is 12.8. The first-order valence-corrected chi connectivity index (χ1v) is 7.86. The Bertz CT molecular complexity index is 703. The Morgan fingerprint density at radius 3 is 1.73 bits per heavy atom. The van der Waals surface area contributed by atoms with Crippen LogP contribution in [0.25, 0.3) is 0 Å². The fraction of sp³-hybridized carbons (Fsp3) is 0.316. The molecule has 2 aromatic carbocycles. The van der Waals surface area contributed by atoms with Crippen LogP contribution in [0.3, 0.4) is 0 Å². The van der Waals surface area contributed by atoms with Gasteiger partial charge in [-0.1, -0.05) is 0 Å². The Morgan fingerprint density at radius 2 is 1.27 bits per heavy atom. The van der Waals surface area contributed by atoms with Gasteiger partial charge in [-0.05, 0) is 60.4 Å². The van der Waals surface area contributed by atoms with E-state index in [1.807, 2.05) is 12.1 Å². The van der Waals surface area contributed by atoms with Crippen molar-refractivity contribution in [3.63, 3.8) is 0 Å². The van der Waals surface area contributed by atoms with Crippen LogP contribution in [0.1, 0.15) is 27.0 Å². The van der Waals surface area contributed by atoms with E-state index < -0.39 is 0 Å². The first-order chi connectivity index (χ1) is 10.6. The molecule has 0 saturated heterocycles. The molecule has 0 radical (unpaired) electrons. The van der Waals surface area contributed by atoms with Gasteiger partial charge in [-0.2, -0.15) is 0 Å².